The van der Waals surface area contributed by atoms with E-state index in [9.17, 15) is 0 Å². The highest BCUT2D eigenvalue weighted by Gasteiger charge is 2.05. The molecule has 5 nitrogen and oxygen atoms in total. The lowest BCUT2D eigenvalue weighted by Gasteiger charge is -2.19. The molecule has 2 aromatic rings. The molecule has 0 unspecified atom stereocenters. The zero-order valence-corrected chi connectivity index (χ0v) is 13.4. The van der Waals surface area contributed by atoms with Crippen molar-refractivity contribution in [2.75, 3.05) is 19.6 Å². The molecule has 2 N–H and O–H groups in total. The molecule has 0 bridgehead atoms. The van der Waals surface area contributed by atoms with Gasteiger partial charge in [0.15, 0.2) is 0 Å². The lowest BCUT2D eigenvalue weighted by atomic mass is 10.2. The summed E-state index contributed by atoms with van der Waals surface area (Å²) >= 11 is 0. The average molecular weight is 289 g/mol. The quantitative estimate of drug-likeness (QED) is 0.746. The Kier molecular flexibility index (Phi) is 5.99. The summed E-state index contributed by atoms with van der Waals surface area (Å²) in [6.45, 7) is 9.62. The third-order valence-electron chi connectivity index (χ3n) is 3.78. The Morgan fingerprint density at radius 1 is 0.905 bits per heavy atom. The molecule has 116 valence electrons. The van der Waals surface area contributed by atoms with Crippen molar-refractivity contribution in [2.45, 2.75) is 46.5 Å². The van der Waals surface area contributed by atoms with Gasteiger partial charge >= 0.3 is 0 Å². The van der Waals surface area contributed by atoms with Gasteiger partial charge < -0.3 is 14.9 Å². The summed E-state index contributed by atoms with van der Waals surface area (Å²) in [5.74, 6) is 2.01. The maximum absolute atomic E-state index is 4.45. The Balaban J connectivity index is 1.63. The molecule has 0 saturated carbocycles. The molecule has 0 aliphatic rings. The first-order valence-corrected chi connectivity index (χ1v) is 7.91. The lowest BCUT2D eigenvalue weighted by Crippen LogP contribution is -2.26. The molecule has 0 fully saturated rings. The Bertz CT molecular complexity index is 482. The van der Waals surface area contributed by atoms with Crippen LogP contribution in [0.15, 0.2) is 12.4 Å². The summed E-state index contributed by atoms with van der Waals surface area (Å²) in [6.07, 6.45) is 8.48. The number of hydrogen-bond donors (Lipinski definition) is 2. The van der Waals surface area contributed by atoms with Gasteiger partial charge in [-0.2, -0.15) is 0 Å². The normalized spacial score (nSPS) is 11.4. The second-order valence-corrected chi connectivity index (χ2v) is 5.60. The maximum Gasteiger partial charge on any atom is 0.103 e. The van der Waals surface area contributed by atoms with Crippen LogP contribution in [0.4, 0.5) is 0 Å². The third-order valence-corrected chi connectivity index (χ3v) is 3.78. The van der Waals surface area contributed by atoms with Crippen LogP contribution < -0.4 is 0 Å². The molecule has 5 heteroatoms. The van der Waals surface area contributed by atoms with Gasteiger partial charge in [0.2, 0.25) is 0 Å². The van der Waals surface area contributed by atoms with Gasteiger partial charge in [-0.1, -0.05) is 6.92 Å². The highest BCUT2D eigenvalue weighted by atomic mass is 15.1. The van der Waals surface area contributed by atoms with Gasteiger partial charge in [0.05, 0.1) is 11.4 Å². The number of aryl methyl sites for hydroxylation is 4. The van der Waals surface area contributed by atoms with E-state index in [-0.39, 0.29) is 0 Å². The molecule has 2 heterocycles. The molecule has 21 heavy (non-hydrogen) atoms. The van der Waals surface area contributed by atoms with Gasteiger partial charge in [0.1, 0.15) is 11.6 Å². The summed E-state index contributed by atoms with van der Waals surface area (Å²) in [6, 6.07) is 0. The molecule has 0 amide bonds. The highest BCUT2D eigenvalue weighted by molar-refractivity contribution is 5.00. The van der Waals surface area contributed by atoms with Gasteiger partial charge in [0.25, 0.3) is 0 Å². The number of aromatic nitrogens is 4. The molecule has 0 saturated heterocycles. The van der Waals surface area contributed by atoms with Crippen molar-refractivity contribution in [1.29, 1.82) is 0 Å². The van der Waals surface area contributed by atoms with E-state index >= 15 is 0 Å². The van der Waals surface area contributed by atoms with Crippen LogP contribution in [0.3, 0.4) is 0 Å². The first kappa shape index (κ1) is 15.8. The predicted octanol–water partition coefficient (Wildman–Crippen LogP) is 2.64. The summed E-state index contributed by atoms with van der Waals surface area (Å²) < 4.78 is 0. The lowest BCUT2D eigenvalue weighted by molar-refractivity contribution is 0.280. The van der Waals surface area contributed by atoms with Crippen molar-refractivity contribution in [3.63, 3.8) is 0 Å². The minimum atomic E-state index is 1.01. The molecular formula is C16H27N5. The van der Waals surface area contributed by atoms with Crippen LogP contribution in [-0.4, -0.2) is 44.5 Å². The van der Waals surface area contributed by atoms with Crippen molar-refractivity contribution in [2.24, 2.45) is 0 Å². The zero-order chi connectivity index (χ0) is 15.1. The van der Waals surface area contributed by atoms with Crippen molar-refractivity contribution >= 4 is 0 Å². The second kappa shape index (κ2) is 7.98. The summed E-state index contributed by atoms with van der Waals surface area (Å²) in [4.78, 5) is 17.7. The number of rotatable bonds is 9. The summed E-state index contributed by atoms with van der Waals surface area (Å²) in [7, 11) is 0. The van der Waals surface area contributed by atoms with Crippen molar-refractivity contribution in [3.8, 4) is 0 Å². The Hall–Kier alpha value is -1.62. The number of nitrogens with zero attached hydrogens (tertiary/aromatic N) is 3. The van der Waals surface area contributed by atoms with Gasteiger partial charge in [-0.25, -0.2) is 9.97 Å². The second-order valence-electron chi connectivity index (χ2n) is 5.60. The minimum absolute atomic E-state index is 1.01. The molecule has 2 aromatic heterocycles. The van der Waals surface area contributed by atoms with E-state index in [0.29, 0.717) is 0 Å². The zero-order valence-electron chi connectivity index (χ0n) is 13.4. The summed E-state index contributed by atoms with van der Waals surface area (Å²) in [5, 5.41) is 0. The molecule has 0 aromatic carbocycles. The molecule has 0 aliphatic heterocycles. The number of nitrogens with one attached hydrogen (secondary N) is 2. The fourth-order valence-electron chi connectivity index (χ4n) is 2.59. The first-order chi connectivity index (χ1) is 10.2. The monoisotopic (exact) mass is 289 g/mol. The standard InChI is InChI=1S/C16H27N5/c1-4-21(9-5-7-15-11-17-13(2)19-15)10-6-8-16-12-18-14(3)20-16/h11-12H,4-10H2,1-3H3,(H,17,19)(H,18,20). The van der Waals surface area contributed by atoms with E-state index in [0.717, 1.165) is 44.1 Å². The van der Waals surface area contributed by atoms with E-state index in [1.807, 2.05) is 26.2 Å². The van der Waals surface area contributed by atoms with E-state index in [4.69, 9.17) is 0 Å². The number of H-pyrrole nitrogens is 2. The Morgan fingerprint density at radius 2 is 1.38 bits per heavy atom. The van der Waals surface area contributed by atoms with Crippen LogP contribution in [0, 0.1) is 13.8 Å². The minimum Gasteiger partial charge on any atom is -0.349 e. The highest BCUT2D eigenvalue weighted by Crippen LogP contribution is 2.04. The molecule has 0 atom stereocenters. The Morgan fingerprint density at radius 3 is 1.71 bits per heavy atom. The van der Waals surface area contributed by atoms with Crippen LogP contribution in [0.2, 0.25) is 0 Å². The van der Waals surface area contributed by atoms with Gasteiger partial charge in [-0.3, -0.25) is 0 Å². The summed E-state index contributed by atoms with van der Waals surface area (Å²) in [5.41, 5.74) is 2.35. The van der Waals surface area contributed by atoms with Crippen molar-refractivity contribution in [3.05, 3.63) is 35.4 Å². The molecular weight excluding hydrogens is 262 g/mol. The molecule has 0 radical (unpaired) electrons. The Labute approximate surface area is 127 Å². The van der Waals surface area contributed by atoms with Crippen LogP contribution in [0.1, 0.15) is 42.8 Å². The fourth-order valence-corrected chi connectivity index (χ4v) is 2.59. The van der Waals surface area contributed by atoms with E-state index < -0.39 is 0 Å². The maximum atomic E-state index is 4.45. The van der Waals surface area contributed by atoms with E-state index in [1.54, 1.807) is 0 Å². The third kappa shape index (κ3) is 5.34. The first-order valence-electron chi connectivity index (χ1n) is 7.91. The van der Waals surface area contributed by atoms with Gasteiger partial charge in [0, 0.05) is 12.4 Å². The van der Waals surface area contributed by atoms with Crippen molar-refractivity contribution < 1.29 is 0 Å². The van der Waals surface area contributed by atoms with E-state index in [2.05, 4.69) is 31.8 Å². The number of imidazole rings is 2. The predicted molar refractivity (Wildman–Crippen MR) is 85.4 cm³/mol. The largest absolute Gasteiger partial charge is 0.349 e. The van der Waals surface area contributed by atoms with Crippen LogP contribution in [-0.2, 0) is 12.8 Å². The van der Waals surface area contributed by atoms with Crippen LogP contribution in [0.25, 0.3) is 0 Å². The molecule has 0 spiro atoms. The van der Waals surface area contributed by atoms with Crippen LogP contribution in [0.5, 0.6) is 0 Å². The number of hydrogen-bond acceptors (Lipinski definition) is 3. The van der Waals surface area contributed by atoms with Gasteiger partial charge in [-0.15, -0.1) is 0 Å². The molecule has 0 aliphatic carbocycles. The SMILES string of the molecule is CCN(CCCc1c[nH]c(C)n1)CCCc1c[nH]c(C)n1. The van der Waals surface area contributed by atoms with Gasteiger partial charge in [-0.05, 0) is 59.2 Å². The smallest absolute Gasteiger partial charge is 0.103 e. The van der Waals surface area contributed by atoms with E-state index in [1.165, 1.54) is 24.2 Å². The van der Waals surface area contributed by atoms with Crippen molar-refractivity contribution in [1.82, 2.24) is 24.8 Å². The molecule has 2 rings (SSSR count). The van der Waals surface area contributed by atoms with Crippen LogP contribution >= 0.6 is 0 Å². The average Bonchev–Trinajstić information content (AvgIpc) is 3.06. The fraction of sp³-hybridized carbons (Fsp3) is 0.625. The topological polar surface area (TPSA) is 60.6 Å². The number of aromatic amines is 2.